The molecule has 6 rings (SSSR count). The number of halogens is 12. The quantitative estimate of drug-likeness (QED) is 0.0790. The Hall–Kier alpha value is -6.48. The van der Waals surface area contributed by atoms with Crippen molar-refractivity contribution in [3.05, 3.63) is 141 Å². The first-order chi connectivity index (χ1) is 35.4. The topological polar surface area (TPSA) is 146 Å². The number of rotatable bonds is 10. The van der Waals surface area contributed by atoms with E-state index in [2.05, 4.69) is 67.5 Å². The summed E-state index contributed by atoms with van der Waals surface area (Å²) < 4.78 is 167. The molecule has 0 aliphatic heterocycles. The molecule has 2 fully saturated rings. The highest BCUT2D eigenvalue weighted by atomic mass is 19.4. The van der Waals surface area contributed by atoms with Gasteiger partial charge in [0.2, 0.25) is 0 Å². The molecule has 2 atom stereocenters. The van der Waals surface area contributed by atoms with E-state index in [4.69, 9.17) is 5.11 Å². The molecule has 0 aromatic heterocycles. The van der Waals surface area contributed by atoms with Gasteiger partial charge in [-0.15, -0.1) is 0 Å². The lowest BCUT2D eigenvalue weighted by Gasteiger charge is -2.37. The number of carbonyl (C=O) groups excluding carboxylic acids is 3. The fourth-order valence-corrected chi connectivity index (χ4v) is 9.68. The average molecular weight is 1100 g/mol. The highest BCUT2D eigenvalue weighted by Gasteiger charge is 2.40. The van der Waals surface area contributed by atoms with Crippen molar-refractivity contribution in [3.63, 3.8) is 0 Å². The third-order valence-electron chi connectivity index (χ3n) is 14.2. The molecule has 2 aliphatic rings. The van der Waals surface area contributed by atoms with E-state index in [1.807, 2.05) is 0 Å². The summed E-state index contributed by atoms with van der Waals surface area (Å²) in [5.41, 5.74) is -6.35. The first-order valence-electron chi connectivity index (χ1n) is 24.7. The molecule has 422 valence electrons. The van der Waals surface area contributed by atoms with Crippen molar-refractivity contribution in [2.45, 2.75) is 142 Å². The molecule has 0 spiro atoms. The van der Waals surface area contributed by atoms with E-state index in [0.717, 1.165) is 37.8 Å². The summed E-state index contributed by atoms with van der Waals surface area (Å²) >= 11 is 0. The molecule has 4 amide bonds. The number of hydrogen-bond acceptors (Lipinski definition) is 5. The van der Waals surface area contributed by atoms with Gasteiger partial charge in [0.15, 0.2) is 0 Å². The normalized spacial score (nSPS) is 19.4. The zero-order chi connectivity index (χ0) is 57.6. The van der Waals surface area contributed by atoms with Crippen molar-refractivity contribution in [3.8, 4) is 0 Å². The number of esters is 1. The summed E-state index contributed by atoms with van der Waals surface area (Å²) in [6.45, 7) is 12.9. The molecule has 2 saturated carbocycles. The van der Waals surface area contributed by atoms with Gasteiger partial charge in [-0.25, -0.2) is 19.2 Å². The predicted octanol–water partition coefficient (Wildman–Crippen LogP) is 14.9. The zero-order valence-electron chi connectivity index (χ0n) is 43.2. The van der Waals surface area contributed by atoms with Crippen molar-refractivity contribution in [2.75, 3.05) is 7.11 Å². The SMILES string of the molecule is CC(C)(C)[C@H]1CC[C@H](NC(=O)NC(c2ccc(C(=O)O)cc2)c2cc(C(F)(F)F)cc(C(F)(F)F)c2)CC1.COC(=O)c1ccc(C(NC(=O)N[C@H]2CC[C@H](C(C)(C)C)CC2)c2cc(C(F)(F)F)cc(C(F)(F)F)c2)cc1. The van der Waals surface area contributed by atoms with Crippen LogP contribution in [0.15, 0.2) is 84.9 Å². The molecule has 0 heterocycles. The van der Waals surface area contributed by atoms with Crippen LogP contribution in [0.1, 0.15) is 170 Å². The van der Waals surface area contributed by atoms with Gasteiger partial charge >= 0.3 is 48.7 Å². The third-order valence-corrected chi connectivity index (χ3v) is 14.2. The first kappa shape index (κ1) is 61.4. The fourth-order valence-electron chi connectivity index (χ4n) is 9.68. The van der Waals surface area contributed by atoms with Crippen LogP contribution in [0.2, 0.25) is 0 Å². The van der Waals surface area contributed by atoms with Crippen molar-refractivity contribution in [1.82, 2.24) is 21.3 Å². The van der Waals surface area contributed by atoms with Crippen molar-refractivity contribution < 1.29 is 81.7 Å². The van der Waals surface area contributed by atoms with Gasteiger partial charge in [0.25, 0.3) is 0 Å². The van der Waals surface area contributed by atoms with Gasteiger partial charge in [-0.2, -0.15) is 52.7 Å². The molecule has 0 radical (unpaired) electrons. The molecular formula is C55H62F12N4O6. The summed E-state index contributed by atoms with van der Waals surface area (Å²) in [5.74, 6) is -0.989. The summed E-state index contributed by atoms with van der Waals surface area (Å²) in [6, 6.07) is 7.86. The van der Waals surface area contributed by atoms with Crippen LogP contribution in [0.3, 0.4) is 0 Å². The van der Waals surface area contributed by atoms with E-state index in [1.54, 1.807) is 0 Å². The Morgan fingerprint density at radius 2 is 0.740 bits per heavy atom. The van der Waals surface area contributed by atoms with E-state index in [1.165, 1.54) is 43.5 Å². The summed E-state index contributed by atoms with van der Waals surface area (Å²) in [6.07, 6.45) is -13.9. The molecule has 22 heteroatoms. The lowest BCUT2D eigenvalue weighted by molar-refractivity contribution is -0.144. The second kappa shape index (κ2) is 24.0. The lowest BCUT2D eigenvalue weighted by atomic mass is 9.71. The number of aromatic carboxylic acids is 1. The van der Waals surface area contributed by atoms with E-state index in [-0.39, 0.29) is 57.3 Å². The molecule has 2 unspecified atom stereocenters. The van der Waals surface area contributed by atoms with Gasteiger partial charge in [-0.1, -0.05) is 65.8 Å². The van der Waals surface area contributed by atoms with E-state index < -0.39 is 94.2 Å². The summed E-state index contributed by atoms with van der Waals surface area (Å²) in [4.78, 5) is 48.9. The van der Waals surface area contributed by atoms with Crippen LogP contribution in [-0.4, -0.2) is 48.3 Å². The Balaban J connectivity index is 0.000000284. The van der Waals surface area contributed by atoms with Crippen molar-refractivity contribution in [1.29, 1.82) is 0 Å². The first-order valence-corrected chi connectivity index (χ1v) is 24.7. The predicted molar refractivity (Wildman–Crippen MR) is 261 cm³/mol. The summed E-state index contributed by atoms with van der Waals surface area (Å²) in [7, 11) is 1.17. The number of carboxylic acid groups (broad SMARTS) is 1. The molecule has 4 aromatic rings. The van der Waals surface area contributed by atoms with Crippen LogP contribution in [0.4, 0.5) is 62.3 Å². The number of carbonyl (C=O) groups is 4. The van der Waals surface area contributed by atoms with Gasteiger partial charge in [-0.05, 0) is 157 Å². The maximum atomic E-state index is 13.6. The number of hydrogen-bond donors (Lipinski definition) is 5. The summed E-state index contributed by atoms with van der Waals surface area (Å²) in [5, 5.41) is 19.8. The molecule has 4 aromatic carbocycles. The van der Waals surface area contributed by atoms with Crippen molar-refractivity contribution in [2.24, 2.45) is 22.7 Å². The van der Waals surface area contributed by atoms with Crippen LogP contribution in [-0.2, 0) is 29.4 Å². The molecule has 77 heavy (non-hydrogen) atoms. The number of ether oxygens (including phenoxy) is 1. The molecule has 5 N–H and O–H groups in total. The van der Waals surface area contributed by atoms with Gasteiger partial charge in [0, 0.05) is 12.1 Å². The monoisotopic (exact) mass is 1100 g/mol. The molecule has 0 saturated heterocycles. The van der Waals surface area contributed by atoms with Gasteiger partial charge in [-0.3, -0.25) is 0 Å². The van der Waals surface area contributed by atoms with Gasteiger partial charge < -0.3 is 31.1 Å². The van der Waals surface area contributed by atoms with Crippen molar-refractivity contribution >= 4 is 24.0 Å². The molecule has 10 nitrogen and oxygen atoms in total. The number of benzene rings is 4. The van der Waals surface area contributed by atoms with E-state index in [0.29, 0.717) is 61.8 Å². The number of urea groups is 2. The smallest absolute Gasteiger partial charge is 0.416 e. The number of amides is 4. The Morgan fingerprint density at radius 3 is 0.987 bits per heavy atom. The van der Waals surface area contributed by atoms with E-state index >= 15 is 0 Å². The second-order valence-electron chi connectivity index (χ2n) is 21.6. The van der Waals surface area contributed by atoms with Crippen LogP contribution in [0.25, 0.3) is 0 Å². The van der Waals surface area contributed by atoms with Crippen LogP contribution >= 0.6 is 0 Å². The van der Waals surface area contributed by atoms with E-state index in [9.17, 15) is 71.9 Å². The van der Waals surface area contributed by atoms with Crippen LogP contribution in [0.5, 0.6) is 0 Å². The number of alkyl halides is 12. The minimum absolute atomic E-state index is 0.0157. The molecule has 2 aliphatic carbocycles. The Kier molecular flexibility index (Phi) is 19.2. The highest BCUT2D eigenvalue weighted by molar-refractivity contribution is 5.89. The zero-order valence-corrected chi connectivity index (χ0v) is 43.2. The molecule has 0 bridgehead atoms. The Morgan fingerprint density at radius 1 is 0.455 bits per heavy atom. The number of carboxylic acids is 1. The second-order valence-corrected chi connectivity index (χ2v) is 21.6. The number of methoxy groups -OCH3 is 1. The van der Waals surface area contributed by atoms with Gasteiger partial charge in [0.05, 0.1) is 52.6 Å². The van der Waals surface area contributed by atoms with Crippen LogP contribution in [0, 0.1) is 22.7 Å². The maximum absolute atomic E-state index is 13.6. The number of nitrogens with one attached hydrogen (secondary N) is 4. The maximum Gasteiger partial charge on any atom is 0.416 e. The standard InChI is InChI=1S/C28H32F6N2O3.C27H30F6N2O3/c1-26(2,3)19-9-11-22(12-10-19)35-25(38)36-23(16-5-7-17(8-6-16)24(37)39-4)18-13-20(27(29,30)31)15-21(14-18)28(32,33)34;1-25(2,3)18-8-10-21(11-9-18)34-24(38)35-22(15-4-6-16(7-5-15)23(36)37)17-12-19(26(28,29)30)14-20(13-17)27(31,32)33/h5-8,13-15,19,22-23H,9-12H2,1-4H3,(H2,35,36,38);4-7,12-14,18,21-22H,8-11H2,1-3H3,(H,36,37)(H2,34,35,38)/t19-,22-,23?;18-,21-,22?. The fraction of sp³-hybridized carbons (Fsp3) is 0.491. The van der Waals surface area contributed by atoms with Gasteiger partial charge in [0.1, 0.15) is 0 Å². The molecular weight excluding hydrogens is 1040 g/mol. The minimum atomic E-state index is -5.07. The Labute approximate surface area is 438 Å². The largest absolute Gasteiger partial charge is 0.478 e. The minimum Gasteiger partial charge on any atom is -0.478 e. The highest BCUT2D eigenvalue weighted by Crippen LogP contribution is 2.42. The Bertz CT molecular complexity index is 2610. The average Bonchev–Trinajstić information content (AvgIpc) is 3.33. The van der Waals surface area contributed by atoms with Crippen LogP contribution < -0.4 is 21.3 Å². The lowest BCUT2D eigenvalue weighted by Crippen LogP contribution is -2.45. The third kappa shape index (κ3) is 17.3.